The number of fused-ring (bicyclic) bond motifs is 1. The van der Waals surface area contributed by atoms with Crippen LogP contribution in [0, 0.1) is 13.8 Å². The molecule has 0 saturated heterocycles. The molecule has 0 fully saturated rings. The Balaban J connectivity index is 2.06. The van der Waals surface area contributed by atoms with Crippen LogP contribution in [-0.2, 0) is 0 Å². The van der Waals surface area contributed by atoms with Crippen LogP contribution >= 0.6 is 11.6 Å². The van der Waals surface area contributed by atoms with Gasteiger partial charge in [0.1, 0.15) is 5.15 Å². The monoisotopic (exact) mass is 258 g/mol. The first-order valence-corrected chi connectivity index (χ1v) is 6.43. The fourth-order valence-electron chi connectivity index (χ4n) is 2.32. The van der Waals surface area contributed by atoms with Crippen molar-refractivity contribution in [2.75, 3.05) is 11.9 Å². The zero-order chi connectivity index (χ0) is 12.7. The lowest BCUT2D eigenvalue weighted by Gasteiger charge is -1.99. The zero-order valence-corrected chi connectivity index (χ0v) is 11.2. The van der Waals surface area contributed by atoms with Crippen molar-refractivity contribution in [3.8, 4) is 0 Å². The van der Waals surface area contributed by atoms with E-state index in [4.69, 9.17) is 11.6 Å². The third-order valence-electron chi connectivity index (χ3n) is 3.60. The molecular formula is C15H15ClN2. The molecular weight excluding hydrogens is 244 g/mol. The Hall–Kier alpha value is -1.67. The predicted molar refractivity (Wildman–Crippen MR) is 78.1 cm³/mol. The van der Waals surface area contributed by atoms with Gasteiger partial charge in [-0.2, -0.15) is 0 Å². The van der Waals surface area contributed by atoms with Gasteiger partial charge in [-0.15, -0.1) is 0 Å². The maximum absolute atomic E-state index is 6.12. The van der Waals surface area contributed by atoms with Crippen molar-refractivity contribution in [2.24, 2.45) is 0 Å². The SMILES string of the molecule is Cc1c(Cl)[nH]c(/C=C2\CNc3ccccc32)c1C. The summed E-state index contributed by atoms with van der Waals surface area (Å²) in [5.41, 5.74) is 7.23. The van der Waals surface area contributed by atoms with Gasteiger partial charge in [0.15, 0.2) is 0 Å². The molecule has 92 valence electrons. The Bertz CT molecular complexity index is 638. The van der Waals surface area contributed by atoms with Crippen molar-refractivity contribution in [1.82, 2.24) is 4.98 Å². The molecule has 1 aliphatic heterocycles. The normalized spacial score (nSPS) is 15.8. The van der Waals surface area contributed by atoms with E-state index in [1.165, 1.54) is 22.4 Å². The van der Waals surface area contributed by atoms with Crippen molar-refractivity contribution in [3.63, 3.8) is 0 Å². The van der Waals surface area contributed by atoms with E-state index in [1.807, 2.05) is 6.92 Å². The van der Waals surface area contributed by atoms with Crippen molar-refractivity contribution < 1.29 is 0 Å². The highest BCUT2D eigenvalue weighted by Crippen LogP contribution is 2.33. The molecule has 0 unspecified atom stereocenters. The predicted octanol–water partition coefficient (Wildman–Crippen LogP) is 4.25. The summed E-state index contributed by atoms with van der Waals surface area (Å²) in [4.78, 5) is 3.23. The van der Waals surface area contributed by atoms with Crippen LogP contribution in [0.1, 0.15) is 22.4 Å². The van der Waals surface area contributed by atoms with Crippen molar-refractivity contribution in [1.29, 1.82) is 0 Å². The van der Waals surface area contributed by atoms with Crippen molar-refractivity contribution in [3.05, 3.63) is 51.8 Å². The van der Waals surface area contributed by atoms with Gasteiger partial charge in [0.2, 0.25) is 0 Å². The highest BCUT2D eigenvalue weighted by Gasteiger charge is 2.15. The number of aromatic amines is 1. The van der Waals surface area contributed by atoms with Gasteiger partial charge in [-0.05, 0) is 42.7 Å². The molecule has 1 aromatic carbocycles. The van der Waals surface area contributed by atoms with Gasteiger partial charge in [0.25, 0.3) is 0 Å². The van der Waals surface area contributed by atoms with Crippen LogP contribution in [0.15, 0.2) is 24.3 Å². The lowest BCUT2D eigenvalue weighted by atomic mass is 10.1. The Labute approximate surface area is 112 Å². The third-order valence-corrected chi connectivity index (χ3v) is 3.98. The standard InChI is InChI=1S/C15H15ClN2/c1-9-10(2)15(16)18-14(9)7-11-8-17-13-6-4-3-5-12(11)13/h3-7,17-18H,8H2,1-2H3/b11-7+. The molecule has 18 heavy (non-hydrogen) atoms. The molecule has 0 bridgehead atoms. The van der Waals surface area contributed by atoms with Crippen LogP contribution in [-0.4, -0.2) is 11.5 Å². The van der Waals surface area contributed by atoms with Gasteiger partial charge in [-0.1, -0.05) is 29.8 Å². The van der Waals surface area contributed by atoms with E-state index in [1.54, 1.807) is 0 Å². The Morgan fingerprint density at radius 2 is 1.94 bits per heavy atom. The van der Waals surface area contributed by atoms with E-state index in [0.717, 1.165) is 23.0 Å². The summed E-state index contributed by atoms with van der Waals surface area (Å²) < 4.78 is 0. The summed E-state index contributed by atoms with van der Waals surface area (Å²) in [6, 6.07) is 8.37. The molecule has 1 aromatic heterocycles. The molecule has 3 rings (SSSR count). The average molecular weight is 259 g/mol. The average Bonchev–Trinajstić information content (AvgIpc) is 2.89. The number of para-hydroxylation sites is 1. The van der Waals surface area contributed by atoms with Crippen LogP contribution in [0.3, 0.4) is 0 Å². The van der Waals surface area contributed by atoms with Crippen LogP contribution in [0.4, 0.5) is 5.69 Å². The van der Waals surface area contributed by atoms with Gasteiger partial charge >= 0.3 is 0 Å². The molecule has 0 atom stereocenters. The van der Waals surface area contributed by atoms with Gasteiger partial charge in [-0.3, -0.25) is 0 Å². The van der Waals surface area contributed by atoms with Crippen LogP contribution in [0.5, 0.6) is 0 Å². The minimum Gasteiger partial charge on any atom is -0.380 e. The number of rotatable bonds is 1. The number of benzene rings is 1. The van der Waals surface area contributed by atoms with E-state index >= 15 is 0 Å². The molecule has 3 heteroatoms. The molecule has 0 spiro atoms. The highest BCUT2D eigenvalue weighted by molar-refractivity contribution is 6.30. The first kappa shape index (κ1) is 11.4. The van der Waals surface area contributed by atoms with Crippen LogP contribution in [0.25, 0.3) is 11.6 Å². The maximum Gasteiger partial charge on any atom is 0.109 e. The summed E-state index contributed by atoms with van der Waals surface area (Å²) in [6.45, 7) is 5.00. The van der Waals surface area contributed by atoms with Gasteiger partial charge in [0.05, 0.1) is 0 Å². The van der Waals surface area contributed by atoms with Crippen molar-refractivity contribution >= 4 is 28.9 Å². The second-order valence-electron chi connectivity index (χ2n) is 4.67. The van der Waals surface area contributed by atoms with E-state index < -0.39 is 0 Å². The fourth-order valence-corrected chi connectivity index (χ4v) is 2.57. The molecule has 0 aliphatic carbocycles. The first-order valence-electron chi connectivity index (χ1n) is 6.05. The van der Waals surface area contributed by atoms with Crippen molar-refractivity contribution in [2.45, 2.75) is 13.8 Å². The maximum atomic E-state index is 6.12. The molecule has 2 aromatic rings. The summed E-state index contributed by atoms with van der Waals surface area (Å²) >= 11 is 6.12. The second-order valence-corrected chi connectivity index (χ2v) is 5.05. The van der Waals surface area contributed by atoms with E-state index in [2.05, 4.69) is 47.6 Å². The van der Waals surface area contributed by atoms with Crippen LogP contribution < -0.4 is 5.32 Å². The number of anilines is 1. The summed E-state index contributed by atoms with van der Waals surface area (Å²) in [7, 11) is 0. The van der Waals surface area contributed by atoms with Gasteiger partial charge < -0.3 is 10.3 Å². The van der Waals surface area contributed by atoms with E-state index in [9.17, 15) is 0 Å². The Kier molecular flexibility index (Phi) is 2.67. The number of H-pyrrole nitrogens is 1. The lowest BCUT2D eigenvalue weighted by molar-refractivity contribution is 1.34. The van der Waals surface area contributed by atoms with E-state index in [-0.39, 0.29) is 0 Å². The molecule has 0 amide bonds. The number of halogens is 1. The van der Waals surface area contributed by atoms with Gasteiger partial charge in [-0.25, -0.2) is 0 Å². The highest BCUT2D eigenvalue weighted by atomic mass is 35.5. The summed E-state index contributed by atoms with van der Waals surface area (Å²) in [5, 5.41) is 4.13. The zero-order valence-electron chi connectivity index (χ0n) is 10.5. The van der Waals surface area contributed by atoms with Gasteiger partial charge in [0, 0.05) is 23.5 Å². The number of nitrogens with one attached hydrogen (secondary N) is 2. The smallest absolute Gasteiger partial charge is 0.109 e. The molecule has 1 aliphatic rings. The molecule has 0 saturated carbocycles. The molecule has 2 N–H and O–H groups in total. The topological polar surface area (TPSA) is 27.8 Å². The van der Waals surface area contributed by atoms with Crippen LogP contribution in [0.2, 0.25) is 5.15 Å². The number of hydrogen-bond donors (Lipinski definition) is 2. The summed E-state index contributed by atoms with van der Waals surface area (Å²) in [5.74, 6) is 0. The number of aromatic nitrogens is 1. The molecule has 2 nitrogen and oxygen atoms in total. The minimum absolute atomic E-state index is 0.735. The quantitative estimate of drug-likeness (QED) is 0.786. The minimum atomic E-state index is 0.735. The molecule has 0 radical (unpaired) electrons. The first-order chi connectivity index (χ1) is 8.66. The third kappa shape index (κ3) is 1.73. The summed E-state index contributed by atoms with van der Waals surface area (Å²) in [6.07, 6.45) is 2.19. The Morgan fingerprint density at radius 3 is 2.67 bits per heavy atom. The molecule has 2 heterocycles. The lowest BCUT2D eigenvalue weighted by Crippen LogP contribution is -1.91. The number of hydrogen-bond acceptors (Lipinski definition) is 1. The van der Waals surface area contributed by atoms with E-state index in [0.29, 0.717) is 0 Å². The fraction of sp³-hybridized carbons (Fsp3) is 0.200. The largest absolute Gasteiger partial charge is 0.380 e. The second kappa shape index (κ2) is 4.21. The Morgan fingerprint density at radius 1 is 1.17 bits per heavy atom.